The molecule has 4 heteroatoms. The molecule has 0 unspecified atom stereocenters. The van der Waals surface area contributed by atoms with Gasteiger partial charge in [-0.15, -0.1) is 0 Å². The van der Waals surface area contributed by atoms with Crippen molar-refractivity contribution < 1.29 is 9.53 Å². The molecule has 0 aromatic heterocycles. The maximum Gasteiger partial charge on any atom is 0.258 e. The number of amides is 1. The Morgan fingerprint density at radius 2 is 1.63 bits per heavy atom. The van der Waals surface area contributed by atoms with Crippen molar-refractivity contribution in [2.45, 2.75) is 0 Å². The number of rotatable bonds is 3. The fraction of sp³-hybridized carbons (Fsp3) is 0.133. The lowest BCUT2D eigenvalue weighted by molar-refractivity contribution is 0.0993. The first-order chi connectivity index (χ1) is 9.11. The third kappa shape index (κ3) is 3.06. The molecule has 1 amide bonds. The van der Waals surface area contributed by atoms with Crippen LogP contribution in [0.15, 0.2) is 48.5 Å². The van der Waals surface area contributed by atoms with Gasteiger partial charge in [-0.2, -0.15) is 0 Å². The van der Waals surface area contributed by atoms with Crippen molar-refractivity contribution in [1.29, 1.82) is 0 Å². The van der Waals surface area contributed by atoms with Crippen molar-refractivity contribution in [2.75, 3.05) is 19.1 Å². The maximum absolute atomic E-state index is 12.3. The summed E-state index contributed by atoms with van der Waals surface area (Å²) < 4.78 is 5.09. The molecule has 0 radical (unpaired) electrons. The number of carbonyl (C=O) groups excluding carboxylic acids is 1. The zero-order valence-electron chi connectivity index (χ0n) is 10.8. The van der Waals surface area contributed by atoms with Crippen molar-refractivity contribution in [2.24, 2.45) is 0 Å². The van der Waals surface area contributed by atoms with Crippen LogP contribution in [-0.4, -0.2) is 20.1 Å². The molecule has 2 aromatic rings. The Balaban J connectivity index is 2.20. The molecule has 0 saturated carbocycles. The van der Waals surface area contributed by atoms with Gasteiger partial charge in [-0.1, -0.05) is 11.6 Å². The minimum Gasteiger partial charge on any atom is -0.497 e. The third-order valence-electron chi connectivity index (χ3n) is 2.86. The van der Waals surface area contributed by atoms with Gasteiger partial charge in [0, 0.05) is 23.3 Å². The van der Waals surface area contributed by atoms with E-state index in [1.165, 1.54) is 0 Å². The predicted octanol–water partition coefficient (Wildman–Crippen LogP) is 3.63. The maximum atomic E-state index is 12.3. The summed E-state index contributed by atoms with van der Waals surface area (Å²) in [5.41, 5.74) is 1.41. The zero-order chi connectivity index (χ0) is 13.8. The average molecular weight is 276 g/mol. The summed E-state index contributed by atoms with van der Waals surface area (Å²) in [7, 11) is 3.34. The van der Waals surface area contributed by atoms with Gasteiger partial charge in [-0.3, -0.25) is 4.79 Å². The van der Waals surface area contributed by atoms with E-state index < -0.39 is 0 Å². The van der Waals surface area contributed by atoms with Crippen molar-refractivity contribution in [1.82, 2.24) is 0 Å². The van der Waals surface area contributed by atoms with Crippen LogP contribution in [0.2, 0.25) is 5.02 Å². The molecule has 0 heterocycles. The van der Waals surface area contributed by atoms with Crippen LogP contribution in [0, 0.1) is 0 Å². The van der Waals surface area contributed by atoms with Gasteiger partial charge in [0.2, 0.25) is 0 Å². The normalized spacial score (nSPS) is 10.1. The highest BCUT2D eigenvalue weighted by atomic mass is 35.5. The van der Waals surface area contributed by atoms with E-state index in [-0.39, 0.29) is 5.91 Å². The van der Waals surface area contributed by atoms with E-state index in [9.17, 15) is 4.79 Å². The first kappa shape index (κ1) is 13.4. The Hall–Kier alpha value is -2.00. The molecular weight excluding hydrogens is 262 g/mol. The third-order valence-corrected chi connectivity index (χ3v) is 3.11. The van der Waals surface area contributed by atoms with Crippen LogP contribution in [0.4, 0.5) is 5.69 Å². The number of hydrogen-bond acceptors (Lipinski definition) is 2. The van der Waals surface area contributed by atoms with Crippen molar-refractivity contribution in [3.63, 3.8) is 0 Å². The molecule has 0 atom stereocenters. The fourth-order valence-corrected chi connectivity index (χ4v) is 1.84. The lowest BCUT2D eigenvalue weighted by atomic mass is 10.2. The van der Waals surface area contributed by atoms with Crippen LogP contribution < -0.4 is 9.64 Å². The number of ether oxygens (including phenoxy) is 1. The standard InChI is InChI=1S/C15H14ClNO2/c1-17(13-7-9-14(19-2)10-8-13)15(18)11-3-5-12(16)6-4-11/h3-10H,1-2H3. The molecule has 0 saturated heterocycles. The van der Waals surface area contributed by atoms with E-state index in [0.717, 1.165) is 11.4 Å². The largest absolute Gasteiger partial charge is 0.497 e. The van der Waals surface area contributed by atoms with Crippen LogP contribution in [0.25, 0.3) is 0 Å². The van der Waals surface area contributed by atoms with Crippen LogP contribution >= 0.6 is 11.6 Å². The average Bonchev–Trinajstić information content (AvgIpc) is 2.46. The lowest BCUT2D eigenvalue weighted by Gasteiger charge is -2.17. The second-order valence-electron chi connectivity index (χ2n) is 4.07. The summed E-state index contributed by atoms with van der Waals surface area (Å²) in [5.74, 6) is 0.679. The van der Waals surface area contributed by atoms with Gasteiger partial charge >= 0.3 is 0 Å². The Morgan fingerprint density at radius 3 is 2.16 bits per heavy atom. The molecule has 19 heavy (non-hydrogen) atoms. The molecule has 0 N–H and O–H groups in total. The first-order valence-corrected chi connectivity index (χ1v) is 6.17. The van der Waals surface area contributed by atoms with Gasteiger partial charge in [0.1, 0.15) is 5.75 Å². The molecule has 2 aromatic carbocycles. The molecule has 0 aliphatic rings. The summed E-state index contributed by atoms with van der Waals surface area (Å²) in [4.78, 5) is 13.8. The predicted molar refractivity (Wildman–Crippen MR) is 77.2 cm³/mol. The SMILES string of the molecule is COc1ccc(N(C)C(=O)c2ccc(Cl)cc2)cc1. The highest BCUT2D eigenvalue weighted by Crippen LogP contribution is 2.20. The van der Waals surface area contributed by atoms with Crippen molar-refractivity contribution in [3.8, 4) is 5.75 Å². The minimum absolute atomic E-state index is 0.0816. The van der Waals surface area contributed by atoms with E-state index in [1.54, 1.807) is 43.3 Å². The molecule has 98 valence electrons. The van der Waals surface area contributed by atoms with Crippen molar-refractivity contribution >= 4 is 23.2 Å². The number of methoxy groups -OCH3 is 1. The highest BCUT2D eigenvalue weighted by molar-refractivity contribution is 6.30. The number of hydrogen-bond donors (Lipinski definition) is 0. The van der Waals surface area contributed by atoms with Crippen molar-refractivity contribution in [3.05, 3.63) is 59.1 Å². The van der Waals surface area contributed by atoms with Crippen LogP contribution in [-0.2, 0) is 0 Å². The van der Waals surface area contributed by atoms with Crippen LogP contribution in [0.5, 0.6) is 5.75 Å². The van der Waals surface area contributed by atoms with Gasteiger partial charge in [0.25, 0.3) is 5.91 Å². The monoisotopic (exact) mass is 275 g/mol. The zero-order valence-corrected chi connectivity index (χ0v) is 11.5. The summed E-state index contributed by atoms with van der Waals surface area (Å²) in [6.45, 7) is 0. The van der Waals surface area contributed by atoms with E-state index >= 15 is 0 Å². The molecule has 0 aliphatic carbocycles. The number of halogens is 1. The Morgan fingerprint density at radius 1 is 1.05 bits per heavy atom. The van der Waals surface area contributed by atoms with Gasteiger partial charge in [0.15, 0.2) is 0 Å². The summed E-state index contributed by atoms with van der Waals surface area (Å²) in [6, 6.07) is 14.2. The topological polar surface area (TPSA) is 29.5 Å². The van der Waals surface area contributed by atoms with Gasteiger partial charge in [-0.05, 0) is 48.5 Å². The van der Waals surface area contributed by atoms with E-state index in [1.807, 2.05) is 24.3 Å². The second-order valence-corrected chi connectivity index (χ2v) is 4.51. The molecule has 2 rings (SSSR count). The van der Waals surface area contributed by atoms with E-state index in [4.69, 9.17) is 16.3 Å². The molecule has 0 fully saturated rings. The highest BCUT2D eigenvalue weighted by Gasteiger charge is 2.13. The van der Waals surface area contributed by atoms with E-state index in [0.29, 0.717) is 10.6 Å². The first-order valence-electron chi connectivity index (χ1n) is 5.79. The lowest BCUT2D eigenvalue weighted by Crippen LogP contribution is -2.26. The number of anilines is 1. The molecular formula is C15H14ClNO2. The Labute approximate surface area is 117 Å². The smallest absolute Gasteiger partial charge is 0.258 e. The van der Waals surface area contributed by atoms with Crippen LogP contribution in [0.1, 0.15) is 10.4 Å². The van der Waals surface area contributed by atoms with E-state index in [2.05, 4.69) is 0 Å². The summed E-state index contributed by atoms with van der Waals surface area (Å²) in [6.07, 6.45) is 0. The second kappa shape index (κ2) is 5.76. The van der Waals surface area contributed by atoms with Gasteiger partial charge in [0.05, 0.1) is 7.11 Å². The molecule has 0 bridgehead atoms. The fourth-order valence-electron chi connectivity index (χ4n) is 1.71. The Bertz CT molecular complexity index is 564. The van der Waals surface area contributed by atoms with Gasteiger partial charge < -0.3 is 9.64 Å². The van der Waals surface area contributed by atoms with Gasteiger partial charge in [-0.25, -0.2) is 0 Å². The number of carbonyl (C=O) groups is 1. The number of benzene rings is 2. The Kier molecular flexibility index (Phi) is 4.07. The quantitative estimate of drug-likeness (QED) is 0.856. The summed E-state index contributed by atoms with van der Waals surface area (Å²) in [5, 5.41) is 0.614. The minimum atomic E-state index is -0.0816. The molecule has 0 spiro atoms. The number of nitrogens with zero attached hydrogens (tertiary/aromatic N) is 1. The molecule has 0 aliphatic heterocycles. The van der Waals surface area contributed by atoms with Crippen LogP contribution in [0.3, 0.4) is 0 Å². The molecule has 3 nitrogen and oxygen atoms in total. The summed E-state index contributed by atoms with van der Waals surface area (Å²) >= 11 is 5.81.